The first-order valence-electron chi connectivity index (χ1n) is 9.67. The van der Waals surface area contributed by atoms with Crippen LogP contribution in [0.15, 0.2) is 29.9 Å². The van der Waals surface area contributed by atoms with Gasteiger partial charge in [-0.05, 0) is 58.6 Å². The van der Waals surface area contributed by atoms with E-state index in [1.165, 1.54) is 32.1 Å². The Hall–Kier alpha value is -0.890. The molecule has 2 nitrogen and oxygen atoms in total. The fourth-order valence-corrected chi connectivity index (χ4v) is 3.05. The number of aliphatic imine (C=N–C) groups is 1. The van der Waals surface area contributed by atoms with Gasteiger partial charge in [0.05, 0.1) is 5.71 Å². The average molecular weight is 323 g/mol. The minimum absolute atomic E-state index is 0.359. The molecule has 1 atom stereocenters. The van der Waals surface area contributed by atoms with Crippen molar-refractivity contribution in [2.45, 2.75) is 92.7 Å². The maximum atomic E-state index is 4.41. The van der Waals surface area contributed by atoms with Crippen LogP contribution in [0.3, 0.4) is 0 Å². The third-order valence-corrected chi connectivity index (χ3v) is 4.59. The van der Waals surface area contributed by atoms with Crippen molar-refractivity contribution in [2.75, 3.05) is 7.05 Å². The molecule has 0 heterocycles. The Balaban J connectivity index is 0. The predicted octanol–water partition coefficient (Wildman–Crippen LogP) is 6.49. The Kier molecular flexibility index (Phi) is 16.9. The topological polar surface area (TPSA) is 15.6 Å². The van der Waals surface area contributed by atoms with Crippen LogP contribution in [0.5, 0.6) is 0 Å². The lowest BCUT2D eigenvalue weighted by atomic mass is 9.83. The molecule has 0 aromatic carbocycles. The quantitative estimate of drug-likeness (QED) is 0.510. The molecule has 0 aromatic heterocycles. The summed E-state index contributed by atoms with van der Waals surface area (Å²) in [4.78, 5) is 6.91. The number of allylic oxidation sites excluding steroid dienone is 1. The summed E-state index contributed by atoms with van der Waals surface area (Å²) >= 11 is 0. The Labute approximate surface area is 146 Å². The standard InChI is InChI=1S/C17H30N2.2C2H6/c1-6-9-17(18-8-3)14(4)19(5)16-12-10-15(7-2)11-13-16;2*1-2/h6,8-9,14-16H,3,7,10-13H2,1-2,4-5H3;2*1-2H3/b9-6-,18-17?;;. The van der Waals surface area contributed by atoms with Gasteiger partial charge in [-0.3, -0.25) is 9.89 Å². The molecule has 23 heavy (non-hydrogen) atoms. The van der Waals surface area contributed by atoms with E-state index in [9.17, 15) is 0 Å². The van der Waals surface area contributed by atoms with Crippen LogP contribution in [0.2, 0.25) is 0 Å². The van der Waals surface area contributed by atoms with Gasteiger partial charge in [0, 0.05) is 18.3 Å². The van der Waals surface area contributed by atoms with Gasteiger partial charge in [0.2, 0.25) is 0 Å². The van der Waals surface area contributed by atoms with Gasteiger partial charge in [0.25, 0.3) is 0 Å². The minimum Gasteiger partial charge on any atom is -0.295 e. The molecule has 0 spiro atoms. The summed E-state index contributed by atoms with van der Waals surface area (Å²) in [7, 11) is 2.24. The van der Waals surface area contributed by atoms with Crippen LogP contribution in [0, 0.1) is 5.92 Å². The largest absolute Gasteiger partial charge is 0.295 e. The second-order valence-corrected chi connectivity index (χ2v) is 5.66. The molecule has 0 saturated heterocycles. The van der Waals surface area contributed by atoms with E-state index in [1.54, 1.807) is 6.20 Å². The molecule has 0 bridgehead atoms. The van der Waals surface area contributed by atoms with Crippen molar-refractivity contribution in [1.82, 2.24) is 4.90 Å². The van der Waals surface area contributed by atoms with E-state index in [-0.39, 0.29) is 0 Å². The molecule has 0 aliphatic heterocycles. The second kappa shape index (κ2) is 16.0. The van der Waals surface area contributed by atoms with Gasteiger partial charge in [-0.1, -0.05) is 53.7 Å². The number of nitrogens with zero attached hydrogens (tertiary/aromatic N) is 2. The lowest BCUT2D eigenvalue weighted by Gasteiger charge is -2.37. The summed E-state index contributed by atoms with van der Waals surface area (Å²) in [6, 6.07) is 1.07. The van der Waals surface area contributed by atoms with Crippen LogP contribution < -0.4 is 0 Å². The lowest BCUT2D eigenvalue weighted by molar-refractivity contribution is 0.152. The molecule has 0 amide bonds. The fourth-order valence-electron chi connectivity index (χ4n) is 3.05. The zero-order chi connectivity index (χ0) is 18.3. The molecule has 0 radical (unpaired) electrons. The molecule has 1 aliphatic rings. The first kappa shape index (κ1) is 24.4. The summed E-state index contributed by atoms with van der Waals surface area (Å²) in [5.74, 6) is 0.955. The average Bonchev–Trinajstić information content (AvgIpc) is 2.63. The molecule has 2 heteroatoms. The van der Waals surface area contributed by atoms with Gasteiger partial charge in [-0.15, -0.1) is 0 Å². The van der Waals surface area contributed by atoms with Crippen LogP contribution >= 0.6 is 0 Å². The number of rotatable bonds is 6. The number of hydrogen-bond acceptors (Lipinski definition) is 2. The van der Waals surface area contributed by atoms with Crippen LogP contribution in [-0.2, 0) is 0 Å². The molecule has 136 valence electrons. The lowest BCUT2D eigenvalue weighted by Crippen LogP contribution is -2.44. The zero-order valence-corrected chi connectivity index (χ0v) is 17.1. The van der Waals surface area contributed by atoms with Crippen molar-refractivity contribution in [3.63, 3.8) is 0 Å². The maximum Gasteiger partial charge on any atom is 0.0569 e. The van der Waals surface area contributed by atoms with Gasteiger partial charge in [0.1, 0.15) is 0 Å². The van der Waals surface area contributed by atoms with Crippen molar-refractivity contribution < 1.29 is 0 Å². The van der Waals surface area contributed by atoms with E-state index in [4.69, 9.17) is 0 Å². The van der Waals surface area contributed by atoms with Gasteiger partial charge in [-0.2, -0.15) is 0 Å². The van der Waals surface area contributed by atoms with Gasteiger partial charge >= 0.3 is 0 Å². The van der Waals surface area contributed by atoms with Crippen LogP contribution in [0.1, 0.15) is 80.6 Å². The molecule has 0 N–H and O–H groups in total. The van der Waals surface area contributed by atoms with Crippen LogP contribution in [-0.4, -0.2) is 29.7 Å². The third-order valence-electron chi connectivity index (χ3n) is 4.59. The first-order valence-corrected chi connectivity index (χ1v) is 9.67. The third kappa shape index (κ3) is 9.10. The van der Waals surface area contributed by atoms with E-state index in [1.807, 2.05) is 34.6 Å². The molecule has 1 saturated carbocycles. The van der Waals surface area contributed by atoms with Crippen LogP contribution in [0.25, 0.3) is 0 Å². The number of hydrogen-bond donors (Lipinski definition) is 0. The van der Waals surface area contributed by atoms with E-state index in [0.717, 1.165) is 11.6 Å². The Morgan fingerprint density at radius 3 is 2.09 bits per heavy atom. The van der Waals surface area contributed by atoms with Crippen LogP contribution in [0.4, 0.5) is 0 Å². The summed E-state index contributed by atoms with van der Waals surface area (Å²) in [6.45, 7) is 18.3. The molecule has 1 aliphatic carbocycles. The highest BCUT2D eigenvalue weighted by molar-refractivity contribution is 5.99. The minimum atomic E-state index is 0.359. The summed E-state index contributed by atoms with van der Waals surface area (Å²) in [6.07, 6.45) is 12.6. The van der Waals surface area contributed by atoms with Gasteiger partial charge < -0.3 is 0 Å². The van der Waals surface area contributed by atoms with Gasteiger partial charge in [0.15, 0.2) is 0 Å². The van der Waals surface area contributed by atoms with E-state index in [2.05, 4.69) is 49.5 Å². The predicted molar refractivity (Wildman–Crippen MR) is 108 cm³/mol. The molecular weight excluding hydrogens is 280 g/mol. The second-order valence-electron chi connectivity index (χ2n) is 5.66. The monoisotopic (exact) mass is 322 g/mol. The fraction of sp³-hybridized carbons (Fsp3) is 0.762. The van der Waals surface area contributed by atoms with E-state index in [0.29, 0.717) is 12.1 Å². The van der Waals surface area contributed by atoms with Gasteiger partial charge in [-0.25, -0.2) is 0 Å². The van der Waals surface area contributed by atoms with Crippen molar-refractivity contribution >= 4 is 5.71 Å². The molecule has 0 aromatic rings. The molecule has 1 fully saturated rings. The first-order chi connectivity index (χ1) is 11.1. The highest BCUT2D eigenvalue weighted by atomic mass is 15.2. The Bertz CT molecular complexity index is 323. The van der Waals surface area contributed by atoms with Crippen molar-refractivity contribution in [1.29, 1.82) is 0 Å². The summed E-state index contributed by atoms with van der Waals surface area (Å²) in [5.41, 5.74) is 1.11. The Morgan fingerprint density at radius 1 is 1.17 bits per heavy atom. The van der Waals surface area contributed by atoms with Crippen molar-refractivity contribution in [3.05, 3.63) is 24.9 Å². The maximum absolute atomic E-state index is 4.41. The summed E-state index contributed by atoms with van der Waals surface area (Å²) in [5, 5.41) is 0. The molecule has 1 unspecified atom stereocenters. The zero-order valence-electron chi connectivity index (χ0n) is 17.1. The molecular formula is C21H42N2. The Morgan fingerprint density at radius 2 is 1.70 bits per heavy atom. The highest BCUT2D eigenvalue weighted by Gasteiger charge is 2.26. The highest BCUT2D eigenvalue weighted by Crippen LogP contribution is 2.29. The van der Waals surface area contributed by atoms with Crippen molar-refractivity contribution in [3.8, 4) is 0 Å². The van der Waals surface area contributed by atoms with Crippen molar-refractivity contribution in [2.24, 2.45) is 10.9 Å². The summed E-state index contributed by atoms with van der Waals surface area (Å²) < 4.78 is 0. The van der Waals surface area contributed by atoms with E-state index >= 15 is 0 Å². The normalized spacial score (nSPS) is 22.7. The van der Waals surface area contributed by atoms with E-state index < -0.39 is 0 Å². The SMILES string of the molecule is C=CN=C(/C=C\C)C(C)N(C)C1CCC(CC)CC1.CC.CC. The smallest absolute Gasteiger partial charge is 0.0569 e. The molecule has 1 rings (SSSR count).